The van der Waals surface area contributed by atoms with Crippen molar-refractivity contribution in [3.05, 3.63) is 42.0 Å². The fourth-order valence-electron chi connectivity index (χ4n) is 0.990. The minimum atomic E-state index is 0.547. The van der Waals surface area contributed by atoms with E-state index in [-0.39, 0.29) is 0 Å². The van der Waals surface area contributed by atoms with Crippen molar-refractivity contribution in [1.29, 1.82) is 0 Å². The summed E-state index contributed by atoms with van der Waals surface area (Å²) in [4.78, 5) is 0. The highest BCUT2D eigenvalue weighted by Crippen LogP contribution is 2.10. The highest BCUT2D eigenvalue weighted by Gasteiger charge is 2.07. The summed E-state index contributed by atoms with van der Waals surface area (Å²) >= 11 is 0. The maximum atomic E-state index is 11.2. The van der Waals surface area contributed by atoms with E-state index in [4.69, 9.17) is 0 Å². The third kappa shape index (κ3) is 1.03. The zero-order chi connectivity index (χ0) is 8.39. The summed E-state index contributed by atoms with van der Waals surface area (Å²) in [7, 11) is 0. The van der Waals surface area contributed by atoms with Crippen LogP contribution in [0.5, 0.6) is 0 Å². The van der Waals surface area contributed by atoms with E-state index in [0.717, 1.165) is 4.73 Å². The minimum Gasteiger partial charge on any atom is -0.618 e. The van der Waals surface area contributed by atoms with Crippen LogP contribution in [0.4, 0.5) is 0 Å². The molecule has 4 heteroatoms. The third-order valence-electron chi connectivity index (χ3n) is 1.55. The summed E-state index contributed by atoms with van der Waals surface area (Å²) in [5, 5.41) is 17.4. The molecule has 0 bridgehead atoms. The van der Waals surface area contributed by atoms with Gasteiger partial charge in [-0.05, 0) is 6.07 Å². The van der Waals surface area contributed by atoms with Gasteiger partial charge in [0.15, 0.2) is 6.20 Å². The van der Waals surface area contributed by atoms with Crippen molar-refractivity contribution in [1.82, 2.24) is 10.2 Å². The van der Waals surface area contributed by atoms with Gasteiger partial charge >= 0.3 is 0 Å². The number of rotatable bonds is 1. The number of hydrogen-bond donors (Lipinski definition) is 1. The lowest BCUT2D eigenvalue weighted by atomic mass is 10.2. The first-order valence-corrected chi connectivity index (χ1v) is 3.48. The van der Waals surface area contributed by atoms with Gasteiger partial charge in [-0.15, -0.1) is 0 Å². The quantitative estimate of drug-likeness (QED) is 0.488. The lowest BCUT2D eigenvalue weighted by Crippen LogP contribution is -2.27. The number of aromatic amines is 1. The van der Waals surface area contributed by atoms with E-state index in [1.54, 1.807) is 24.4 Å². The largest absolute Gasteiger partial charge is 0.618 e. The van der Waals surface area contributed by atoms with E-state index in [0.29, 0.717) is 11.3 Å². The van der Waals surface area contributed by atoms with Crippen LogP contribution in [0.3, 0.4) is 0 Å². The second-order valence-electron chi connectivity index (χ2n) is 2.32. The molecule has 0 aliphatic rings. The molecule has 2 aromatic rings. The summed E-state index contributed by atoms with van der Waals surface area (Å²) in [5.74, 6) is 0. The maximum Gasteiger partial charge on any atom is 0.227 e. The van der Waals surface area contributed by atoms with E-state index in [9.17, 15) is 5.21 Å². The predicted octanol–water partition coefficient (Wildman–Crippen LogP) is 0.510. The van der Waals surface area contributed by atoms with Crippen molar-refractivity contribution < 1.29 is 4.73 Å². The summed E-state index contributed by atoms with van der Waals surface area (Å²) in [6.07, 6.45) is 5.74. The van der Waals surface area contributed by atoms with Gasteiger partial charge in [0.25, 0.3) is 0 Å². The Labute approximate surface area is 69.1 Å². The summed E-state index contributed by atoms with van der Waals surface area (Å²) in [6, 6.07) is 5.19. The van der Waals surface area contributed by atoms with Crippen molar-refractivity contribution in [2.24, 2.45) is 0 Å². The normalized spacial score (nSPS) is 10.0. The average molecular weight is 160 g/mol. The smallest absolute Gasteiger partial charge is 0.227 e. The topological polar surface area (TPSA) is 55.6 Å². The Kier molecular flexibility index (Phi) is 1.51. The molecule has 0 aromatic carbocycles. The van der Waals surface area contributed by atoms with E-state index in [2.05, 4.69) is 16.4 Å². The molecule has 0 saturated heterocycles. The third-order valence-corrected chi connectivity index (χ3v) is 1.55. The van der Waals surface area contributed by atoms with Crippen LogP contribution in [0.1, 0.15) is 0 Å². The molecular weight excluding hydrogens is 154 g/mol. The van der Waals surface area contributed by atoms with Crippen LogP contribution in [0.2, 0.25) is 0 Å². The lowest BCUT2D eigenvalue weighted by Gasteiger charge is -1.99. The van der Waals surface area contributed by atoms with Crippen LogP contribution in [-0.4, -0.2) is 10.2 Å². The lowest BCUT2D eigenvalue weighted by molar-refractivity contribution is -0.593. The first-order valence-electron chi connectivity index (χ1n) is 3.48. The molecule has 0 unspecified atom stereocenters. The number of hydrogen-bond acceptors (Lipinski definition) is 2. The highest BCUT2D eigenvalue weighted by molar-refractivity contribution is 5.52. The molecule has 0 spiro atoms. The van der Waals surface area contributed by atoms with Gasteiger partial charge < -0.3 is 5.21 Å². The minimum absolute atomic E-state index is 0.547. The summed E-state index contributed by atoms with van der Waals surface area (Å²) in [6.45, 7) is 0. The van der Waals surface area contributed by atoms with E-state index in [1.807, 2.05) is 0 Å². The SMILES string of the molecule is [O-][n+]1ccccc1-c1[c]n[nH]c1. The summed E-state index contributed by atoms with van der Waals surface area (Å²) < 4.78 is 0.779. The predicted molar refractivity (Wildman–Crippen MR) is 41.8 cm³/mol. The van der Waals surface area contributed by atoms with Gasteiger partial charge in [-0.25, -0.2) is 0 Å². The molecule has 0 aliphatic heterocycles. The molecule has 1 N–H and O–H groups in total. The molecule has 2 heterocycles. The zero-order valence-corrected chi connectivity index (χ0v) is 6.19. The summed E-state index contributed by atoms with van der Waals surface area (Å²) in [5.41, 5.74) is 1.22. The van der Waals surface area contributed by atoms with Crippen molar-refractivity contribution >= 4 is 0 Å². The van der Waals surface area contributed by atoms with Crippen LogP contribution < -0.4 is 4.73 Å². The number of pyridine rings is 1. The average Bonchev–Trinajstić information content (AvgIpc) is 2.57. The van der Waals surface area contributed by atoms with E-state index < -0.39 is 0 Å². The molecule has 0 aliphatic carbocycles. The molecular formula is C8H6N3O. The Morgan fingerprint density at radius 2 is 2.42 bits per heavy atom. The molecule has 0 amide bonds. The Hall–Kier alpha value is -1.84. The molecule has 2 rings (SSSR count). The van der Waals surface area contributed by atoms with Crippen molar-refractivity contribution in [2.75, 3.05) is 0 Å². The van der Waals surface area contributed by atoms with Gasteiger partial charge in [-0.1, -0.05) is 0 Å². The first kappa shape index (κ1) is 6.84. The van der Waals surface area contributed by atoms with Gasteiger partial charge in [0, 0.05) is 18.3 Å². The van der Waals surface area contributed by atoms with Gasteiger partial charge in [-0.3, -0.25) is 5.10 Å². The molecule has 0 fully saturated rings. The van der Waals surface area contributed by atoms with Crippen molar-refractivity contribution in [2.45, 2.75) is 0 Å². The molecule has 0 saturated carbocycles. The second kappa shape index (κ2) is 2.65. The fourth-order valence-corrected chi connectivity index (χ4v) is 0.990. The molecule has 12 heavy (non-hydrogen) atoms. The number of nitrogens with one attached hydrogen (secondary N) is 1. The Balaban J connectivity index is 2.55. The number of H-pyrrole nitrogens is 1. The molecule has 4 nitrogen and oxygen atoms in total. The maximum absolute atomic E-state index is 11.2. The molecule has 1 radical (unpaired) electrons. The fraction of sp³-hybridized carbons (Fsp3) is 0. The Morgan fingerprint density at radius 3 is 3.08 bits per heavy atom. The van der Waals surface area contributed by atoms with Crippen molar-refractivity contribution in [3.8, 4) is 11.3 Å². The standard InChI is InChI=1S/C8H6N3O/c12-11-4-2-1-3-8(11)7-5-9-10-6-7/h1-5H,(H,9,10). The Morgan fingerprint density at radius 1 is 1.50 bits per heavy atom. The van der Waals surface area contributed by atoms with E-state index in [1.165, 1.54) is 6.20 Å². The Bertz CT molecular complexity index is 370. The van der Waals surface area contributed by atoms with Gasteiger partial charge in [0.2, 0.25) is 5.69 Å². The number of nitrogens with zero attached hydrogens (tertiary/aromatic N) is 2. The van der Waals surface area contributed by atoms with Crippen LogP contribution in [0.25, 0.3) is 11.3 Å². The zero-order valence-electron chi connectivity index (χ0n) is 6.19. The first-order chi connectivity index (χ1) is 5.88. The van der Waals surface area contributed by atoms with Gasteiger partial charge in [0.1, 0.15) is 6.20 Å². The second-order valence-corrected chi connectivity index (χ2v) is 2.32. The van der Waals surface area contributed by atoms with E-state index >= 15 is 0 Å². The van der Waals surface area contributed by atoms with Crippen LogP contribution in [0, 0.1) is 11.4 Å². The van der Waals surface area contributed by atoms with Gasteiger partial charge in [0.05, 0.1) is 5.56 Å². The van der Waals surface area contributed by atoms with Crippen LogP contribution in [0.15, 0.2) is 30.6 Å². The number of aromatic nitrogens is 3. The molecule has 2 aromatic heterocycles. The van der Waals surface area contributed by atoms with Crippen LogP contribution in [-0.2, 0) is 0 Å². The monoisotopic (exact) mass is 160 g/mol. The van der Waals surface area contributed by atoms with Crippen molar-refractivity contribution in [3.63, 3.8) is 0 Å². The highest BCUT2D eigenvalue weighted by atomic mass is 16.5. The van der Waals surface area contributed by atoms with Crippen LogP contribution >= 0.6 is 0 Å². The molecule has 0 atom stereocenters. The van der Waals surface area contributed by atoms with Gasteiger partial charge in [-0.2, -0.15) is 9.83 Å². The molecule has 59 valence electrons.